The first-order valence-corrected chi connectivity index (χ1v) is 10.3. The molecule has 3 aromatic carbocycles. The van der Waals surface area contributed by atoms with Gasteiger partial charge < -0.3 is 0 Å². The summed E-state index contributed by atoms with van der Waals surface area (Å²) in [6.07, 6.45) is 2.59. The third-order valence-electron chi connectivity index (χ3n) is 5.51. The summed E-state index contributed by atoms with van der Waals surface area (Å²) in [6, 6.07) is 8.69. The number of hydrogen-bond acceptors (Lipinski definition) is 0. The third-order valence-corrected chi connectivity index (χ3v) is 5.51. The molecule has 0 aliphatic carbocycles. The van der Waals surface area contributed by atoms with Crippen LogP contribution in [0.5, 0.6) is 0 Å². The van der Waals surface area contributed by atoms with Gasteiger partial charge in [-0.05, 0) is 48.1 Å². The van der Waals surface area contributed by atoms with Crippen LogP contribution in [-0.2, 0) is 24.7 Å². The molecule has 0 heterocycles. The normalized spacial score (nSPS) is 12.1. The van der Waals surface area contributed by atoms with Crippen LogP contribution in [0, 0.1) is 17.5 Å². The van der Waals surface area contributed by atoms with Gasteiger partial charge in [0.2, 0.25) is 0 Å². The molecule has 0 aliphatic heterocycles. The van der Waals surface area contributed by atoms with Gasteiger partial charge in [0.05, 0.1) is 5.56 Å². The summed E-state index contributed by atoms with van der Waals surface area (Å²) in [4.78, 5) is 0. The van der Waals surface area contributed by atoms with E-state index in [1.165, 1.54) is 18.2 Å². The maximum atomic E-state index is 14.8. The number of aryl methyl sites for hydroxylation is 2. The van der Waals surface area contributed by atoms with E-state index in [4.69, 9.17) is 0 Å². The van der Waals surface area contributed by atoms with Crippen LogP contribution in [0.15, 0.2) is 67.3 Å². The van der Waals surface area contributed by atoms with Crippen molar-refractivity contribution in [2.75, 3.05) is 0 Å². The molecular weight excluding hydrogens is 445 g/mol. The molecule has 0 aliphatic rings. The SMILES string of the molecule is C=CCCc1ccc(-c2ccc(C(F)(F)C(F)(F)c3ccc(CC)cc3F)cc2)c(F)c1F. The van der Waals surface area contributed by atoms with Gasteiger partial charge in [0.1, 0.15) is 5.82 Å². The zero-order chi connectivity index (χ0) is 24.4. The van der Waals surface area contributed by atoms with Gasteiger partial charge in [-0.15, -0.1) is 6.58 Å². The lowest BCUT2D eigenvalue weighted by molar-refractivity contribution is -0.225. The Balaban J connectivity index is 1.95. The molecule has 0 spiro atoms. The van der Waals surface area contributed by atoms with Crippen LogP contribution < -0.4 is 0 Å². The minimum atomic E-state index is -4.84. The predicted octanol–water partition coefficient (Wildman–Crippen LogP) is 8.34. The molecule has 3 aromatic rings. The van der Waals surface area contributed by atoms with Crippen LogP contribution in [0.25, 0.3) is 11.1 Å². The number of benzene rings is 3. The molecule has 3 rings (SSSR count). The van der Waals surface area contributed by atoms with E-state index < -0.39 is 40.4 Å². The van der Waals surface area contributed by atoms with Gasteiger partial charge in [-0.3, -0.25) is 0 Å². The zero-order valence-corrected chi connectivity index (χ0v) is 17.7. The van der Waals surface area contributed by atoms with Crippen molar-refractivity contribution in [2.45, 2.75) is 38.0 Å². The molecule has 174 valence electrons. The van der Waals surface area contributed by atoms with Gasteiger partial charge in [-0.25, -0.2) is 13.2 Å². The molecule has 0 amide bonds. The van der Waals surface area contributed by atoms with Crippen LogP contribution >= 0.6 is 0 Å². The minimum absolute atomic E-state index is 0.0306. The van der Waals surface area contributed by atoms with E-state index >= 15 is 0 Å². The van der Waals surface area contributed by atoms with E-state index in [0.717, 1.165) is 18.2 Å². The smallest absolute Gasteiger partial charge is 0.206 e. The Bertz CT molecular complexity index is 1150. The van der Waals surface area contributed by atoms with Crippen LogP contribution in [0.4, 0.5) is 30.7 Å². The average molecular weight is 466 g/mol. The van der Waals surface area contributed by atoms with Gasteiger partial charge in [0.15, 0.2) is 11.6 Å². The molecular formula is C26H21F7. The fraction of sp³-hybridized carbons (Fsp3) is 0.231. The first kappa shape index (κ1) is 24.6. The Hall–Kier alpha value is -3.09. The summed E-state index contributed by atoms with van der Waals surface area (Å²) in [5, 5.41) is 0. The lowest BCUT2D eigenvalue weighted by atomic mass is 9.93. The number of alkyl halides is 4. The second-order valence-corrected chi connectivity index (χ2v) is 7.62. The van der Waals surface area contributed by atoms with E-state index in [2.05, 4.69) is 6.58 Å². The number of rotatable bonds is 8. The maximum Gasteiger partial charge on any atom is 0.342 e. The Morgan fingerprint density at radius 1 is 0.818 bits per heavy atom. The topological polar surface area (TPSA) is 0 Å². The quantitative estimate of drug-likeness (QED) is 0.231. The number of hydrogen-bond donors (Lipinski definition) is 0. The van der Waals surface area contributed by atoms with Crippen molar-refractivity contribution < 1.29 is 30.7 Å². The van der Waals surface area contributed by atoms with Gasteiger partial charge in [-0.2, -0.15) is 17.6 Å². The van der Waals surface area contributed by atoms with Gasteiger partial charge in [0, 0.05) is 11.1 Å². The molecule has 0 saturated heterocycles. The molecule has 0 nitrogen and oxygen atoms in total. The van der Waals surface area contributed by atoms with Crippen LogP contribution in [0.3, 0.4) is 0 Å². The number of allylic oxidation sites excluding steroid dienone is 1. The van der Waals surface area contributed by atoms with Crippen molar-refractivity contribution in [3.05, 3.63) is 107 Å². The van der Waals surface area contributed by atoms with Crippen molar-refractivity contribution in [3.63, 3.8) is 0 Å². The van der Waals surface area contributed by atoms with E-state index in [-0.39, 0.29) is 23.1 Å². The minimum Gasteiger partial charge on any atom is -0.206 e. The van der Waals surface area contributed by atoms with E-state index in [1.54, 1.807) is 13.0 Å². The standard InChI is InChI=1S/C26H21F7/c1-3-5-6-18-10-13-20(24(29)23(18)28)17-8-11-19(12-9-17)25(30,31)26(32,33)21-14-7-16(4-2)15-22(21)27/h3,7-15H,1,4-6H2,2H3. The van der Waals surface area contributed by atoms with Crippen molar-refractivity contribution in [1.29, 1.82) is 0 Å². The zero-order valence-electron chi connectivity index (χ0n) is 17.7. The first-order chi connectivity index (χ1) is 15.5. The Labute approximate surface area is 187 Å². The summed E-state index contributed by atoms with van der Waals surface area (Å²) in [5.41, 5.74) is -2.14. The highest BCUT2D eigenvalue weighted by atomic mass is 19.3. The Morgan fingerprint density at radius 3 is 2.06 bits per heavy atom. The molecule has 0 unspecified atom stereocenters. The summed E-state index contributed by atoms with van der Waals surface area (Å²) in [7, 11) is 0. The van der Waals surface area contributed by atoms with Crippen LogP contribution in [0.1, 0.15) is 35.6 Å². The number of halogens is 7. The summed E-state index contributed by atoms with van der Waals surface area (Å²) < 4.78 is 102. The summed E-state index contributed by atoms with van der Waals surface area (Å²) in [5.74, 6) is -13.3. The monoisotopic (exact) mass is 466 g/mol. The average Bonchev–Trinajstić information content (AvgIpc) is 2.79. The molecule has 0 radical (unpaired) electrons. The highest BCUT2D eigenvalue weighted by Gasteiger charge is 2.59. The lowest BCUT2D eigenvalue weighted by Crippen LogP contribution is -2.36. The van der Waals surface area contributed by atoms with E-state index in [9.17, 15) is 30.7 Å². The van der Waals surface area contributed by atoms with Crippen molar-refractivity contribution in [3.8, 4) is 11.1 Å². The molecule has 0 fully saturated rings. The van der Waals surface area contributed by atoms with Crippen LogP contribution in [-0.4, -0.2) is 0 Å². The summed E-state index contributed by atoms with van der Waals surface area (Å²) >= 11 is 0. The second kappa shape index (κ2) is 9.41. The van der Waals surface area contributed by atoms with Gasteiger partial charge in [-0.1, -0.05) is 55.5 Å². The molecule has 0 aromatic heterocycles. The first-order valence-electron chi connectivity index (χ1n) is 10.3. The third kappa shape index (κ3) is 4.54. The van der Waals surface area contributed by atoms with Crippen molar-refractivity contribution in [2.24, 2.45) is 0 Å². The maximum absolute atomic E-state index is 14.8. The second-order valence-electron chi connectivity index (χ2n) is 7.62. The Kier molecular flexibility index (Phi) is 7.00. The van der Waals surface area contributed by atoms with Crippen molar-refractivity contribution >= 4 is 0 Å². The predicted molar refractivity (Wildman–Crippen MR) is 114 cm³/mol. The highest BCUT2D eigenvalue weighted by Crippen LogP contribution is 2.50. The molecule has 33 heavy (non-hydrogen) atoms. The molecule has 0 bridgehead atoms. The largest absolute Gasteiger partial charge is 0.342 e. The molecule has 0 saturated carbocycles. The van der Waals surface area contributed by atoms with Crippen molar-refractivity contribution in [1.82, 2.24) is 0 Å². The fourth-order valence-corrected chi connectivity index (χ4v) is 3.51. The fourth-order valence-electron chi connectivity index (χ4n) is 3.51. The molecule has 0 N–H and O–H groups in total. The molecule has 0 atom stereocenters. The van der Waals surface area contributed by atoms with Gasteiger partial charge in [0.25, 0.3) is 0 Å². The highest BCUT2D eigenvalue weighted by molar-refractivity contribution is 5.65. The summed E-state index contributed by atoms with van der Waals surface area (Å²) in [6.45, 7) is 5.19. The Morgan fingerprint density at radius 2 is 1.48 bits per heavy atom. The molecule has 7 heteroatoms. The van der Waals surface area contributed by atoms with E-state index in [1.807, 2.05) is 0 Å². The van der Waals surface area contributed by atoms with E-state index in [0.29, 0.717) is 36.6 Å². The van der Waals surface area contributed by atoms with Crippen LogP contribution in [0.2, 0.25) is 0 Å². The van der Waals surface area contributed by atoms with Gasteiger partial charge >= 0.3 is 11.8 Å². The lowest BCUT2D eigenvalue weighted by Gasteiger charge is -2.28.